The molecule has 32 heavy (non-hydrogen) atoms. The van der Waals surface area contributed by atoms with Gasteiger partial charge in [0.1, 0.15) is 5.78 Å². The zero-order valence-electron chi connectivity index (χ0n) is 21.4. The number of aliphatic hydroxyl groups is 1. The topological polar surface area (TPSA) is 37.3 Å². The maximum atomic E-state index is 11.9. The minimum atomic E-state index is -0.666. The van der Waals surface area contributed by atoms with Crippen molar-refractivity contribution in [3.8, 4) is 0 Å². The highest BCUT2D eigenvalue weighted by atomic mass is 16.3. The summed E-state index contributed by atoms with van der Waals surface area (Å²) in [6.07, 6.45) is 9.85. The van der Waals surface area contributed by atoms with E-state index in [1.165, 1.54) is 16.7 Å². The monoisotopic (exact) mass is 436 g/mol. The van der Waals surface area contributed by atoms with Crippen molar-refractivity contribution in [3.05, 3.63) is 53.1 Å². The molecule has 1 aromatic carbocycles. The number of hydrogen-bond donors (Lipinski definition) is 1. The molecule has 0 bridgehead atoms. The minimum absolute atomic E-state index is 0.0744. The number of rotatable bonds is 6. The van der Waals surface area contributed by atoms with Crippen LogP contribution in [0.4, 0.5) is 0 Å². The molecule has 3 rings (SSSR count). The normalized spacial score (nSPS) is 34.3. The second-order valence-electron chi connectivity index (χ2n) is 12.0. The van der Waals surface area contributed by atoms with Crippen LogP contribution in [0.2, 0.25) is 0 Å². The van der Waals surface area contributed by atoms with Crippen molar-refractivity contribution in [2.24, 2.45) is 28.6 Å². The van der Waals surface area contributed by atoms with E-state index in [0.717, 1.165) is 37.7 Å². The number of aryl methyl sites for hydroxylation is 1. The standard InChI is InChI=1S/C30H44O2/c1-20(2)9-11-24-12-10-23(17-21(24)3)19-27-29(7)15-13-25(18-22(4)31)28(5,6)26(29)14-16-30(27,8)32/h9-12,17,25-27,32H,1,13-16,18-19H2,2-8H3/b11-9-. The number of benzene rings is 1. The van der Waals surface area contributed by atoms with E-state index in [9.17, 15) is 9.90 Å². The highest BCUT2D eigenvalue weighted by molar-refractivity contribution is 5.75. The zero-order valence-corrected chi connectivity index (χ0v) is 21.4. The smallest absolute Gasteiger partial charge is 0.130 e. The van der Waals surface area contributed by atoms with E-state index in [2.05, 4.69) is 71.5 Å². The Morgan fingerprint density at radius 1 is 1.16 bits per heavy atom. The van der Waals surface area contributed by atoms with Gasteiger partial charge in [-0.25, -0.2) is 0 Å². The van der Waals surface area contributed by atoms with Gasteiger partial charge in [-0.2, -0.15) is 0 Å². The van der Waals surface area contributed by atoms with Crippen LogP contribution in [0, 0.1) is 35.5 Å². The molecule has 5 atom stereocenters. The van der Waals surface area contributed by atoms with Gasteiger partial charge in [-0.15, -0.1) is 0 Å². The van der Waals surface area contributed by atoms with Gasteiger partial charge in [0.2, 0.25) is 0 Å². The van der Waals surface area contributed by atoms with E-state index in [4.69, 9.17) is 0 Å². The zero-order chi connectivity index (χ0) is 23.9. The minimum Gasteiger partial charge on any atom is -0.390 e. The van der Waals surface area contributed by atoms with E-state index in [1.54, 1.807) is 6.92 Å². The van der Waals surface area contributed by atoms with Crippen LogP contribution in [0.1, 0.15) is 90.3 Å². The van der Waals surface area contributed by atoms with Crippen LogP contribution >= 0.6 is 0 Å². The molecule has 0 saturated heterocycles. The van der Waals surface area contributed by atoms with E-state index in [1.807, 2.05) is 6.92 Å². The molecule has 1 aromatic rings. The Hall–Kier alpha value is -1.67. The summed E-state index contributed by atoms with van der Waals surface area (Å²) in [6.45, 7) is 19.1. The SMILES string of the molecule is C=C(C)/C=C\c1ccc(CC2C(C)(O)CCC3C(C)(C)C(CC(C)=O)CCC23C)cc1C. The third kappa shape index (κ3) is 4.81. The molecule has 0 aliphatic heterocycles. The van der Waals surface area contributed by atoms with Crippen LogP contribution in [-0.2, 0) is 11.2 Å². The fourth-order valence-electron chi connectivity index (χ4n) is 7.29. The summed E-state index contributed by atoms with van der Waals surface area (Å²) in [5, 5.41) is 11.6. The summed E-state index contributed by atoms with van der Waals surface area (Å²) in [5.41, 5.74) is 4.37. The summed E-state index contributed by atoms with van der Waals surface area (Å²) >= 11 is 0. The first kappa shape index (κ1) is 25.0. The molecule has 2 heteroatoms. The molecule has 0 spiro atoms. The Morgan fingerprint density at radius 2 is 1.84 bits per heavy atom. The third-order valence-electron chi connectivity index (χ3n) is 9.12. The van der Waals surface area contributed by atoms with E-state index in [-0.39, 0.29) is 16.7 Å². The predicted molar refractivity (Wildman–Crippen MR) is 135 cm³/mol. The Morgan fingerprint density at radius 3 is 2.44 bits per heavy atom. The van der Waals surface area contributed by atoms with Gasteiger partial charge < -0.3 is 9.90 Å². The second-order valence-corrected chi connectivity index (χ2v) is 12.0. The quantitative estimate of drug-likeness (QED) is 0.474. The van der Waals surface area contributed by atoms with Crippen LogP contribution in [-0.4, -0.2) is 16.5 Å². The maximum absolute atomic E-state index is 11.9. The van der Waals surface area contributed by atoms with Gasteiger partial charge in [-0.1, -0.05) is 63.3 Å². The Labute approximate surface area is 196 Å². The van der Waals surface area contributed by atoms with Gasteiger partial charge in [-0.05, 0) is 105 Å². The van der Waals surface area contributed by atoms with E-state index >= 15 is 0 Å². The van der Waals surface area contributed by atoms with Gasteiger partial charge >= 0.3 is 0 Å². The van der Waals surface area contributed by atoms with Crippen LogP contribution in [0.5, 0.6) is 0 Å². The van der Waals surface area contributed by atoms with Gasteiger partial charge in [-0.3, -0.25) is 0 Å². The molecule has 0 heterocycles. The summed E-state index contributed by atoms with van der Waals surface area (Å²) in [4.78, 5) is 11.9. The van der Waals surface area contributed by atoms with Crippen molar-refractivity contribution >= 4 is 11.9 Å². The molecule has 2 aliphatic carbocycles. The number of ketones is 1. The lowest BCUT2D eigenvalue weighted by Gasteiger charge is -2.63. The number of fused-ring (bicyclic) bond motifs is 1. The van der Waals surface area contributed by atoms with Crippen LogP contribution in [0.3, 0.4) is 0 Å². The highest BCUT2D eigenvalue weighted by Gasteiger charge is 2.59. The molecule has 176 valence electrons. The Bertz CT molecular complexity index is 903. The molecule has 2 nitrogen and oxygen atoms in total. The lowest BCUT2D eigenvalue weighted by atomic mass is 9.42. The first-order valence-corrected chi connectivity index (χ1v) is 12.4. The molecule has 2 fully saturated rings. The molecule has 2 aliphatic rings. The van der Waals surface area contributed by atoms with Crippen LogP contribution < -0.4 is 0 Å². The van der Waals surface area contributed by atoms with Gasteiger partial charge in [0.25, 0.3) is 0 Å². The second kappa shape index (κ2) is 8.93. The number of carbonyl (C=O) groups excluding carboxylic acids is 1. The summed E-state index contributed by atoms with van der Waals surface area (Å²) in [5.74, 6) is 1.49. The van der Waals surface area contributed by atoms with Crippen molar-refractivity contribution in [2.75, 3.05) is 0 Å². The molecule has 0 radical (unpaired) electrons. The summed E-state index contributed by atoms with van der Waals surface area (Å²) < 4.78 is 0. The molecule has 5 unspecified atom stereocenters. The third-order valence-corrected chi connectivity index (χ3v) is 9.12. The fraction of sp³-hybridized carbons (Fsp3) is 0.633. The molecular weight excluding hydrogens is 392 g/mol. The van der Waals surface area contributed by atoms with Gasteiger partial charge in [0, 0.05) is 6.42 Å². The number of allylic oxidation sites excluding steroid dienone is 2. The van der Waals surface area contributed by atoms with E-state index in [0.29, 0.717) is 24.0 Å². The number of carbonyl (C=O) groups is 1. The Balaban J connectivity index is 1.91. The van der Waals surface area contributed by atoms with Crippen molar-refractivity contribution in [1.29, 1.82) is 0 Å². The maximum Gasteiger partial charge on any atom is 0.130 e. The van der Waals surface area contributed by atoms with E-state index < -0.39 is 5.60 Å². The van der Waals surface area contributed by atoms with Crippen molar-refractivity contribution in [3.63, 3.8) is 0 Å². The first-order valence-electron chi connectivity index (χ1n) is 12.4. The molecule has 2 saturated carbocycles. The molecule has 0 aromatic heterocycles. The summed E-state index contributed by atoms with van der Waals surface area (Å²) in [7, 11) is 0. The predicted octanol–water partition coefficient (Wildman–Crippen LogP) is 7.33. The van der Waals surface area contributed by atoms with Crippen molar-refractivity contribution in [2.45, 2.75) is 92.6 Å². The lowest BCUT2D eigenvalue weighted by Crippen LogP contribution is -2.60. The van der Waals surface area contributed by atoms with Crippen LogP contribution in [0.25, 0.3) is 6.08 Å². The molecular formula is C30H44O2. The Kier molecular flexibility index (Phi) is 6.97. The number of hydrogen-bond acceptors (Lipinski definition) is 2. The van der Waals surface area contributed by atoms with Gasteiger partial charge in [0.15, 0.2) is 0 Å². The van der Waals surface area contributed by atoms with Gasteiger partial charge in [0.05, 0.1) is 5.60 Å². The van der Waals surface area contributed by atoms with Crippen LogP contribution in [0.15, 0.2) is 36.4 Å². The average molecular weight is 437 g/mol. The lowest BCUT2D eigenvalue weighted by molar-refractivity contribution is -0.182. The highest BCUT2D eigenvalue weighted by Crippen LogP contribution is 2.64. The molecule has 0 amide bonds. The average Bonchev–Trinajstić information content (AvgIpc) is 2.66. The van der Waals surface area contributed by atoms with Crippen molar-refractivity contribution < 1.29 is 9.90 Å². The molecule has 1 N–H and O–H groups in total. The number of Topliss-reactive ketones (excluding diaryl/α,β-unsaturated/α-hetero) is 1. The first-order chi connectivity index (χ1) is 14.8. The largest absolute Gasteiger partial charge is 0.390 e. The van der Waals surface area contributed by atoms with Crippen molar-refractivity contribution in [1.82, 2.24) is 0 Å². The summed E-state index contributed by atoms with van der Waals surface area (Å²) in [6, 6.07) is 6.74. The fourth-order valence-corrected chi connectivity index (χ4v) is 7.29.